The normalized spacial score (nSPS) is 27.5. The molecule has 3 atom stereocenters. The summed E-state index contributed by atoms with van der Waals surface area (Å²) < 4.78 is 22.1. The third-order valence-corrected chi connectivity index (χ3v) is 6.41. The molecule has 0 spiro atoms. The number of likely N-dealkylation sites (N-methyl/N-ethyl adjacent to an activating group) is 1. The first kappa shape index (κ1) is 20.9. The summed E-state index contributed by atoms with van der Waals surface area (Å²) in [6.45, 7) is 4.76. The summed E-state index contributed by atoms with van der Waals surface area (Å²) in [7, 11) is 5.53. The van der Waals surface area contributed by atoms with Crippen LogP contribution in [-0.4, -0.2) is 57.6 Å². The number of carbonyl (C=O) groups is 1. The molecule has 0 unspecified atom stereocenters. The molecule has 1 heterocycles. The quantitative estimate of drug-likeness (QED) is 0.525. The number of nitrogens with zero attached hydrogens (tertiary/aromatic N) is 1. The second-order valence-electron chi connectivity index (χ2n) is 8.27. The second kappa shape index (κ2) is 8.70. The summed E-state index contributed by atoms with van der Waals surface area (Å²) in [5.41, 5.74) is 1.41. The van der Waals surface area contributed by atoms with Gasteiger partial charge in [-0.2, -0.15) is 0 Å². The molecule has 1 aromatic rings. The molecule has 1 aliphatic heterocycles. The second-order valence-corrected chi connectivity index (χ2v) is 8.27. The molecule has 6 nitrogen and oxygen atoms in total. The molecule has 6 heteroatoms. The lowest BCUT2D eigenvalue weighted by Crippen LogP contribution is -2.48. The van der Waals surface area contributed by atoms with E-state index in [9.17, 15) is 4.79 Å². The van der Waals surface area contributed by atoms with Gasteiger partial charge in [-0.05, 0) is 57.0 Å². The summed E-state index contributed by atoms with van der Waals surface area (Å²) in [5, 5.41) is 0. The standard InChI is InChI=1S/C22H33NO5/c1-15(2)21(24)28-14-27-17-8-9-22(10-11-23(3)20(22)13-17)16-6-7-18(25-4)19(12-16)26-5/h6-7,12,15,17,20H,8-11,13-14H2,1-5H3/t17-,20+,22+/m1/s1. The van der Waals surface area contributed by atoms with E-state index in [0.29, 0.717) is 6.04 Å². The van der Waals surface area contributed by atoms with Crippen LogP contribution >= 0.6 is 0 Å². The van der Waals surface area contributed by atoms with Gasteiger partial charge in [0.2, 0.25) is 0 Å². The van der Waals surface area contributed by atoms with Crippen LogP contribution < -0.4 is 9.47 Å². The van der Waals surface area contributed by atoms with Crippen molar-refractivity contribution in [2.45, 2.75) is 57.1 Å². The molecule has 0 radical (unpaired) electrons. The lowest BCUT2D eigenvalue weighted by Gasteiger charge is -2.44. The Balaban J connectivity index is 1.72. The van der Waals surface area contributed by atoms with Gasteiger partial charge in [0.05, 0.1) is 26.2 Å². The molecule has 3 rings (SSSR count). The largest absolute Gasteiger partial charge is 0.493 e. The molecule has 2 aliphatic rings. The lowest BCUT2D eigenvalue weighted by atomic mass is 9.65. The average molecular weight is 392 g/mol. The molecule has 0 amide bonds. The zero-order valence-corrected chi connectivity index (χ0v) is 17.7. The van der Waals surface area contributed by atoms with Crippen LogP contribution in [0.2, 0.25) is 0 Å². The van der Waals surface area contributed by atoms with Crippen molar-refractivity contribution in [1.82, 2.24) is 4.90 Å². The van der Waals surface area contributed by atoms with E-state index >= 15 is 0 Å². The van der Waals surface area contributed by atoms with Crippen LogP contribution in [0, 0.1) is 5.92 Å². The van der Waals surface area contributed by atoms with Crippen molar-refractivity contribution in [3.8, 4) is 11.5 Å². The number of methoxy groups -OCH3 is 2. The zero-order chi connectivity index (χ0) is 20.3. The molecule has 2 fully saturated rings. The number of likely N-dealkylation sites (tertiary alicyclic amines) is 1. The predicted molar refractivity (Wildman–Crippen MR) is 107 cm³/mol. The number of hydrogen-bond acceptors (Lipinski definition) is 6. The van der Waals surface area contributed by atoms with Gasteiger partial charge in [-0.25, -0.2) is 0 Å². The minimum absolute atomic E-state index is 0.0431. The van der Waals surface area contributed by atoms with Crippen LogP contribution in [0.1, 0.15) is 45.1 Å². The fourth-order valence-electron chi connectivity index (χ4n) is 4.74. The first-order valence-electron chi connectivity index (χ1n) is 10.1. The first-order chi connectivity index (χ1) is 13.4. The van der Waals surface area contributed by atoms with Crippen molar-refractivity contribution in [3.63, 3.8) is 0 Å². The Morgan fingerprint density at radius 2 is 1.96 bits per heavy atom. The van der Waals surface area contributed by atoms with Crippen molar-refractivity contribution >= 4 is 5.97 Å². The summed E-state index contributed by atoms with van der Waals surface area (Å²) >= 11 is 0. The van der Waals surface area contributed by atoms with Gasteiger partial charge in [0.25, 0.3) is 0 Å². The van der Waals surface area contributed by atoms with Gasteiger partial charge in [0.1, 0.15) is 0 Å². The number of carbonyl (C=O) groups excluding carboxylic acids is 1. The van der Waals surface area contributed by atoms with Gasteiger partial charge < -0.3 is 23.8 Å². The molecule has 28 heavy (non-hydrogen) atoms. The number of rotatable bonds is 7. The van der Waals surface area contributed by atoms with Gasteiger partial charge in [0, 0.05) is 11.5 Å². The van der Waals surface area contributed by atoms with Gasteiger partial charge >= 0.3 is 5.97 Å². The summed E-state index contributed by atoms with van der Waals surface area (Å²) in [4.78, 5) is 14.1. The number of hydrogen-bond donors (Lipinski definition) is 0. The Hall–Kier alpha value is -1.79. The summed E-state index contributed by atoms with van der Waals surface area (Å²) in [6.07, 6.45) is 4.17. The molecule has 0 aromatic heterocycles. The zero-order valence-electron chi connectivity index (χ0n) is 17.7. The number of ether oxygens (including phenoxy) is 4. The minimum Gasteiger partial charge on any atom is -0.493 e. The molecule has 1 saturated heterocycles. The van der Waals surface area contributed by atoms with Crippen LogP contribution in [0.4, 0.5) is 0 Å². The van der Waals surface area contributed by atoms with Crippen molar-refractivity contribution < 1.29 is 23.7 Å². The Bertz CT molecular complexity index is 692. The third kappa shape index (κ3) is 3.98. The first-order valence-corrected chi connectivity index (χ1v) is 10.1. The Kier molecular flexibility index (Phi) is 6.50. The average Bonchev–Trinajstić information content (AvgIpc) is 3.04. The SMILES string of the molecule is COc1ccc([C@@]23CC[C@@H](OCOC(=O)C(C)C)C[C@@H]2N(C)CC3)cc1OC. The van der Waals surface area contributed by atoms with Crippen LogP contribution in [0.5, 0.6) is 11.5 Å². The molecule has 156 valence electrons. The Morgan fingerprint density at radius 3 is 2.64 bits per heavy atom. The maximum absolute atomic E-state index is 11.6. The van der Waals surface area contributed by atoms with Gasteiger partial charge in [-0.1, -0.05) is 19.9 Å². The molecule has 1 saturated carbocycles. The van der Waals surface area contributed by atoms with Crippen molar-refractivity contribution in [1.29, 1.82) is 0 Å². The van der Waals surface area contributed by atoms with Gasteiger partial charge in [0.15, 0.2) is 18.3 Å². The van der Waals surface area contributed by atoms with Crippen LogP contribution in [0.25, 0.3) is 0 Å². The van der Waals surface area contributed by atoms with Crippen molar-refractivity contribution in [2.75, 3.05) is 34.6 Å². The van der Waals surface area contributed by atoms with Gasteiger partial charge in [-0.15, -0.1) is 0 Å². The van der Waals surface area contributed by atoms with E-state index in [1.54, 1.807) is 14.2 Å². The highest BCUT2D eigenvalue weighted by molar-refractivity contribution is 5.71. The predicted octanol–water partition coefficient (Wildman–Crippen LogP) is 3.37. The number of benzene rings is 1. The Labute approximate surface area is 168 Å². The smallest absolute Gasteiger partial charge is 0.310 e. The third-order valence-electron chi connectivity index (χ3n) is 6.41. The van der Waals surface area contributed by atoms with E-state index < -0.39 is 0 Å². The van der Waals surface area contributed by atoms with E-state index in [-0.39, 0.29) is 30.2 Å². The fourth-order valence-corrected chi connectivity index (χ4v) is 4.74. The highest BCUT2D eigenvalue weighted by Crippen LogP contribution is 2.50. The highest BCUT2D eigenvalue weighted by Gasteiger charge is 2.50. The van der Waals surface area contributed by atoms with E-state index in [1.807, 2.05) is 19.9 Å². The van der Waals surface area contributed by atoms with E-state index in [2.05, 4.69) is 24.1 Å². The monoisotopic (exact) mass is 391 g/mol. The highest BCUT2D eigenvalue weighted by atomic mass is 16.7. The van der Waals surface area contributed by atoms with E-state index in [0.717, 1.165) is 43.7 Å². The maximum Gasteiger partial charge on any atom is 0.310 e. The molecular weight excluding hydrogens is 358 g/mol. The number of esters is 1. The van der Waals surface area contributed by atoms with Crippen LogP contribution in [-0.2, 0) is 19.7 Å². The van der Waals surface area contributed by atoms with Crippen LogP contribution in [0.15, 0.2) is 18.2 Å². The maximum atomic E-state index is 11.6. The van der Waals surface area contributed by atoms with Crippen molar-refractivity contribution in [2.24, 2.45) is 5.92 Å². The summed E-state index contributed by atoms with van der Waals surface area (Å²) in [6, 6.07) is 6.72. The molecule has 1 aliphatic carbocycles. The molecule has 0 bridgehead atoms. The molecule has 1 aromatic carbocycles. The van der Waals surface area contributed by atoms with E-state index in [4.69, 9.17) is 18.9 Å². The number of fused-ring (bicyclic) bond motifs is 1. The fraction of sp³-hybridized carbons (Fsp3) is 0.682. The van der Waals surface area contributed by atoms with Crippen molar-refractivity contribution in [3.05, 3.63) is 23.8 Å². The summed E-state index contributed by atoms with van der Waals surface area (Å²) in [5.74, 6) is 1.19. The topological polar surface area (TPSA) is 57.2 Å². The molecule has 0 N–H and O–H groups in total. The van der Waals surface area contributed by atoms with Gasteiger partial charge in [-0.3, -0.25) is 4.79 Å². The lowest BCUT2D eigenvalue weighted by molar-refractivity contribution is -0.167. The minimum atomic E-state index is -0.214. The molecular formula is C22H33NO5. The van der Waals surface area contributed by atoms with Crippen LogP contribution in [0.3, 0.4) is 0 Å². The Morgan fingerprint density at radius 1 is 1.21 bits per heavy atom. The van der Waals surface area contributed by atoms with E-state index in [1.165, 1.54) is 5.56 Å².